The molecule has 0 bridgehead atoms. The molecule has 1 aliphatic carbocycles. The maximum Gasteiger partial charge on any atom is 0.0691 e. The topological polar surface area (TPSA) is 9.23 Å². The number of allylic oxidation sites excluding steroid dienone is 1. The van der Waals surface area contributed by atoms with Crippen molar-refractivity contribution in [2.45, 2.75) is 52.6 Å². The van der Waals surface area contributed by atoms with Crippen LogP contribution in [0.4, 0.5) is 0 Å². The van der Waals surface area contributed by atoms with Gasteiger partial charge in [0.25, 0.3) is 0 Å². The molecule has 0 fully saturated rings. The Labute approximate surface area is 128 Å². The molecule has 2 rings (SSSR count). The fourth-order valence-corrected chi connectivity index (χ4v) is 3.10. The van der Waals surface area contributed by atoms with Gasteiger partial charge in [-0.2, -0.15) is 0 Å². The summed E-state index contributed by atoms with van der Waals surface area (Å²) in [5.74, 6) is 0. The highest BCUT2D eigenvalue weighted by Crippen LogP contribution is 2.46. The van der Waals surface area contributed by atoms with Crippen LogP contribution in [0.5, 0.6) is 0 Å². The summed E-state index contributed by atoms with van der Waals surface area (Å²) in [7, 11) is 1.83. The number of methoxy groups -OCH3 is 1. The van der Waals surface area contributed by atoms with Gasteiger partial charge in [0.1, 0.15) is 0 Å². The van der Waals surface area contributed by atoms with Crippen LogP contribution < -0.4 is 0 Å². The SMILES string of the molecule is COC1(C)CCC(c2ccc(Cl)cc2)=C(C(C)(C)C)C1. The average Bonchev–Trinajstić information content (AvgIpc) is 2.39. The standard InChI is InChI=1S/C18H25ClO/c1-17(2,3)16-12-18(4,20-5)11-10-15(16)13-6-8-14(19)9-7-13/h6-9H,10-12H2,1-5H3. The van der Waals surface area contributed by atoms with Crippen LogP contribution in [0.2, 0.25) is 5.02 Å². The molecule has 0 saturated heterocycles. The second kappa shape index (κ2) is 5.54. The van der Waals surface area contributed by atoms with Crippen LogP contribution in [0.25, 0.3) is 5.57 Å². The predicted octanol–water partition coefficient (Wildman–Crippen LogP) is 5.73. The maximum atomic E-state index is 6.01. The van der Waals surface area contributed by atoms with Gasteiger partial charge in [-0.15, -0.1) is 0 Å². The molecule has 20 heavy (non-hydrogen) atoms. The second-order valence-electron chi connectivity index (χ2n) is 7.04. The third-order valence-corrected chi connectivity index (χ3v) is 4.66. The van der Waals surface area contributed by atoms with Gasteiger partial charge in [0.05, 0.1) is 5.60 Å². The average molecular weight is 293 g/mol. The van der Waals surface area contributed by atoms with E-state index in [-0.39, 0.29) is 11.0 Å². The van der Waals surface area contributed by atoms with Crippen molar-refractivity contribution in [3.05, 3.63) is 40.4 Å². The minimum Gasteiger partial charge on any atom is -0.378 e. The summed E-state index contributed by atoms with van der Waals surface area (Å²) in [5, 5.41) is 0.796. The molecule has 0 N–H and O–H groups in total. The predicted molar refractivity (Wildman–Crippen MR) is 87.1 cm³/mol. The van der Waals surface area contributed by atoms with Gasteiger partial charge < -0.3 is 4.74 Å². The van der Waals surface area contributed by atoms with Crippen LogP contribution in [0, 0.1) is 5.41 Å². The molecule has 0 aliphatic heterocycles. The van der Waals surface area contributed by atoms with Crippen LogP contribution >= 0.6 is 11.6 Å². The summed E-state index contributed by atoms with van der Waals surface area (Å²) in [6.07, 6.45) is 3.14. The highest BCUT2D eigenvalue weighted by molar-refractivity contribution is 6.30. The summed E-state index contributed by atoms with van der Waals surface area (Å²) in [4.78, 5) is 0. The molecule has 0 saturated carbocycles. The van der Waals surface area contributed by atoms with E-state index in [1.54, 1.807) is 0 Å². The number of rotatable bonds is 2. The lowest BCUT2D eigenvalue weighted by Crippen LogP contribution is -2.34. The molecular weight excluding hydrogens is 268 g/mol. The first kappa shape index (κ1) is 15.6. The van der Waals surface area contributed by atoms with Gasteiger partial charge in [-0.25, -0.2) is 0 Å². The van der Waals surface area contributed by atoms with Gasteiger partial charge in [-0.1, -0.05) is 50.1 Å². The zero-order valence-electron chi connectivity index (χ0n) is 13.2. The summed E-state index contributed by atoms with van der Waals surface area (Å²) in [6, 6.07) is 8.24. The van der Waals surface area contributed by atoms with Gasteiger partial charge in [0.15, 0.2) is 0 Å². The molecule has 1 aliphatic rings. The highest BCUT2D eigenvalue weighted by atomic mass is 35.5. The Kier molecular flexibility index (Phi) is 4.32. The molecule has 0 spiro atoms. The van der Waals surface area contributed by atoms with E-state index in [1.807, 2.05) is 19.2 Å². The van der Waals surface area contributed by atoms with E-state index in [1.165, 1.54) is 16.7 Å². The Morgan fingerprint density at radius 2 is 1.75 bits per heavy atom. The molecule has 0 amide bonds. The van der Waals surface area contributed by atoms with Gasteiger partial charge in [-0.3, -0.25) is 0 Å². The van der Waals surface area contributed by atoms with Crippen molar-refractivity contribution < 1.29 is 4.74 Å². The van der Waals surface area contributed by atoms with E-state index in [0.29, 0.717) is 0 Å². The molecule has 1 aromatic carbocycles. The van der Waals surface area contributed by atoms with E-state index >= 15 is 0 Å². The lowest BCUT2D eigenvalue weighted by atomic mass is 9.70. The van der Waals surface area contributed by atoms with Crippen LogP contribution in [0.15, 0.2) is 29.8 Å². The fourth-order valence-electron chi connectivity index (χ4n) is 2.97. The molecule has 0 radical (unpaired) electrons. The minimum atomic E-state index is -0.0292. The number of halogens is 1. The molecule has 1 atom stereocenters. The number of hydrogen-bond donors (Lipinski definition) is 0. The Hall–Kier alpha value is -0.790. The van der Waals surface area contributed by atoms with Crippen molar-refractivity contribution >= 4 is 17.2 Å². The lowest BCUT2D eigenvalue weighted by molar-refractivity contribution is -0.00602. The number of hydrogen-bond acceptors (Lipinski definition) is 1. The van der Waals surface area contributed by atoms with E-state index in [4.69, 9.17) is 16.3 Å². The highest BCUT2D eigenvalue weighted by Gasteiger charge is 2.35. The van der Waals surface area contributed by atoms with Crippen molar-refractivity contribution in [3.63, 3.8) is 0 Å². The quantitative estimate of drug-likeness (QED) is 0.676. The van der Waals surface area contributed by atoms with Crippen molar-refractivity contribution in [3.8, 4) is 0 Å². The van der Waals surface area contributed by atoms with E-state index in [0.717, 1.165) is 24.3 Å². The van der Waals surface area contributed by atoms with Gasteiger partial charge in [-0.05, 0) is 54.9 Å². The number of benzene rings is 1. The normalized spacial score (nSPS) is 24.1. The van der Waals surface area contributed by atoms with Gasteiger partial charge >= 0.3 is 0 Å². The van der Waals surface area contributed by atoms with Crippen molar-refractivity contribution in [1.82, 2.24) is 0 Å². The lowest BCUT2D eigenvalue weighted by Gasteiger charge is -2.40. The maximum absolute atomic E-state index is 6.01. The fraction of sp³-hybridized carbons (Fsp3) is 0.556. The molecule has 110 valence electrons. The van der Waals surface area contributed by atoms with Crippen LogP contribution in [0.3, 0.4) is 0 Å². The smallest absolute Gasteiger partial charge is 0.0691 e. The Morgan fingerprint density at radius 3 is 2.25 bits per heavy atom. The van der Waals surface area contributed by atoms with E-state index in [9.17, 15) is 0 Å². The first-order valence-electron chi connectivity index (χ1n) is 7.29. The summed E-state index contributed by atoms with van der Waals surface area (Å²) in [6.45, 7) is 9.09. The molecule has 1 nitrogen and oxygen atoms in total. The largest absolute Gasteiger partial charge is 0.378 e. The second-order valence-corrected chi connectivity index (χ2v) is 7.48. The van der Waals surface area contributed by atoms with Crippen LogP contribution in [0.1, 0.15) is 52.5 Å². The molecule has 1 unspecified atom stereocenters. The first-order valence-corrected chi connectivity index (χ1v) is 7.66. The third kappa shape index (κ3) is 3.27. The van der Waals surface area contributed by atoms with Gasteiger partial charge in [0, 0.05) is 12.1 Å². The van der Waals surface area contributed by atoms with Crippen molar-refractivity contribution in [2.24, 2.45) is 5.41 Å². The van der Waals surface area contributed by atoms with E-state index < -0.39 is 0 Å². The summed E-state index contributed by atoms with van der Waals surface area (Å²) < 4.78 is 5.75. The Balaban J connectivity index is 2.48. The van der Waals surface area contributed by atoms with E-state index in [2.05, 4.69) is 39.8 Å². The van der Waals surface area contributed by atoms with Crippen molar-refractivity contribution in [2.75, 3.05) is 7.11 Å². The molecule has 2 heteroatoms. The monoisotopic (exact) mass is 292 g/mol. The van der Waals surface area contributed by atoms with Gasteiger partial charge in [0.2, 0.25) is 0 Å². The Bertz CT molecular complexity index is 507. The Morgan fingerprint density at radius 1 is 1.15 bits per heavy atom. The summed E-state index contributed by atoms with van der Waals surface area (Å²) >= 11 is 6.01. The summed E-state index contributed by atoms with van der Waals surface area (Å²) in [5.41, 5.74) is 4.42. The zero-order chi connectivity index (χ0) is 15.0. The molecule has 0 heterocycles. The van der Waals surface area contributed by atoms with Crippen LogP contribution in [-0.2, 0) is 4.74 Å². The number of ether oxygens (including phenoxy) is 1. The molecule has 1 aromatic rings. The molecule has 0 aromatic heterocycles. The first-order chi connectivity index (χ1) is 9.25. The van der Waals surface area contributed by atoms with Crippen molar-refractivity contribution in [1.29, 1.82) is 0 Å². The third-order valence-electron chi connectivity index (χ3n) is 4.41. The van der Waals surface area contributed by atoms with Crippen LogP contribution in [-0.4, -0.2) is 12.7 Å². The molecular formula is C18H25ClO. The minimum absolute atomic E-state index is 0.0292. The zero-order valence-corrected chi connectivity index (χ0v) is 14.0.